The van der Waals surface area contributed by atoms with Crippen molar-refractivity contribution in [1.29, 1.82) is 0 Å². The van der Waals surface area contributed by atoms with Gasteiger partial charge in [0.15, 0.2) is 0 Å². The van der Waals surface area contributed by atoms with E-state index in [-0.39, 0.29) is 21.2 Å². The van der Waals surface area contributed by atoms with Crippen LogP contribution in [0.1, 0.15) is 65.2 Å². The van der Waals surface area contributed by atoms with Crippen molar-refractivity contribution in [3.8, 4) is 22.3 Å². The minimum Gasteiger partial charge on any atom is -0.340 e. The van der Waals surface area contributed by atoms with Gasteiger partial charge in [-0.1, -0.05) is 113 Å². The van der Waals surface area contributed by atoms with Crippen molar-refractivity contribution in [3.63, 3.8) is 0 Å². The van der Waals surface area contributed by atoms with Crippen molar-refractivity contribution in [2.45, 2.75) is 78.3 Å². The molecule has 8 nitrogen and oxygen atoms in total. The van der Waals surface area contributed by atoms with Gasteiger partial charge in [-0.25, -0.2) is 0 Å². The summed E-state index contributed by atoms with van der Waals surface area (Å²) in [5.41, 5.74) is 8.04. The lowest BCUT2D eigenvalue weighted by molar-refractivity contribution is -0.384. The monoisotopic (exact) mass is 666 g/mol. The molecule has 0 atom stereocenters. The average molecular weight is 667 g/mol. The maximum absolute atomic E-state index is 12.3. The standard InChI is InChI=1S/C42H42N4O4/c1-3-5-7-15-25-43-35-23-21-31(45(47)48)27-33(35)39-38(30-19-13-10-14-20-30)42-40(37(41(39)43)29-17-11-9-12-18-29)34-28-32(46(49)50)22-24-36(34)44(42)26-16-8-6-4-2/h9-14,17-24,27-28H,3-8,15-16,25-26H2,1-2H3. The number of aryl methyl sites for hydroxylation is 2. The Morgan fingerprint density at radius 2 is 0.920 bits per heavy atom. The molecule has 0 unspecified atom stereocenters. The van der Waals surface area contributed by atoms with Gasteiger partial charge in [0.05, 0.1) is 20.9 Å². The van der Waals surface area contributed by atoms with Crippen LogP contribution in [0.4, 0.5) is 11.4 Å². The van der Waals surface area contributed by atoms with Crippen LogP contribution in [0.3, 0.4) is 0 Å². The molecule has 0 saturated heterocycles. The maximum atomic E-state index is 12.3. The number of hydrogen-bond acceptors (Lipinski definition) is 4. The number of benzene rings is 5. The van der Waals surface area contributed by atoms with Crippen molar-refractivity contribution in [3.05, 3.63) is 117 Å². The Balaban J connectivity index is 1.76. The first-order chi connectivity index (χ1) is 24.4. The van der Waals surface area contributed by atoms with Crippen LogP contribution in [-0.2, 0) is 13.1 Å². The first-order valence-corrected chi connectivity index (χ1v) is 17.9. The molecule has 0 amide bonds. The zero-order valence-electron chi connectivity index (χ0n) is 28.7. The number of aromatic nitrogens is 2. The topological polar surface area (TPSA) is 96.1 Å². The Hall–Kier alpha value is -5.50. The van der Waals surface area contributed by atoms with E-state index in [0.29, 0.717) is 0 Å². The first kappa shape index (κ1) is 33.0. The van der Waals surface area contributed by atoms with Crippen molar-refractivity contribution < 1.29 is 9.85 Å². The van der Waals surface area contributed by atoms with E-state index in [1.807, 2.05) is 48.5 Å². The third-order valence-electron chi connectivity index (χ3n) is 10.1. The van der Waals surface area contributed by atoms with Crippen LogP contribution in [0, 0.1) is 20.2 Å². The summed E-state index contributed by atoms with van der Waals surface area (Å²) < 4.78 is 4.72. The molecule has 2 heterocycles. The van der Waals surface area contributed by atoms with Crippen LogP contribution in [0.5, 0.6) is 0 Å². The zero-order valence-corrected chi connectivity index (χ0v) is 28.7. The van der Waals surface area contributed by atoms with Crippen LogP contribution in [-0.4, -0.2) is 19.0 Å². The maximum Gasteiger partial charge on any atom is 0.270 e. The number of nitrogens with zero attached hydrogens (tertiary/aromatic N) is 4. The van der Waals surface area contributed by atoms with Gasteiger partial charge >= 0.3 is 0 Å². The fourth-order valence-electron chi connectivity index (χ4n) is 7.80. The number of non-ortho nitro benzene ring substituents is 2. The summed E-state index contributed by atoms with van der Waals surface area (Å²) in [6, 6.07) is 31.1. The summed E-state index contributed by atoms with van der Waals surface area (Å²) in [5, 5.41) is 28.2. The van der Waals surface area contributed by atoms with E-state index >= 15 is 0 Å². The molecule has 7 aromatic rings. The first-order valence-electron chi connectivity index (χ1n) is 17.9. The lowest BCUT2D eigenvalue weighted by Gasteiger charge is -2.18. The van der Waals surface area contributed by atoms with Crippen LogP contribution in [0.15, 0.2) is 97.1 Å². The lowest BCUT2D eigenvalue weighted by Crippen LogP contribution is -2.02. The summed E-state index contributed by atoms with van der Waals surface area (Å²) in [7, 11) is 0. The van der Waals surface area contributed by atoms with Crippen LogP contribution in [0.25, 0.3) is 65.9 Å². The second kappa shape index (κ2) is 14.2. The van der Waals surface area contributed by atoms with Crippen molar-refractivity contribution in [2.75, 3.05) is 0 Å². The van der Waals surface area contributed by atoms with E-state index < -0.39 is 0 Å². The highest BCUT2D eigenvalue weighted by Crippen LogP contribution is 2.51. The van der Waals surface area contributed by atoms with E-state index in [4.69, 9.17) is 0 Å². The largest absolute Gasteiger partial charge is 0.340 e. The van der Waals surface area contributed by atoms with E-state index in [9.17, 15) is 20.2 Å². The smallest absolute Gasteiger partial charge is 0.270 e. The van der Waals surface area contributed by atoms with Gasteiger partial charge in [0, 0.05) is 81.1 Å². The summed E-state index contributed by atoms with van der Waals surface area (Å²) in [4.78, 5) is 23.9. The molecule has 0 spiro atoms. The number of hydrogen-bond donors (Lipinski definition) is 0. The van der Waals surface area contributed by atoms with Gasteiger partial charge in [0.25, 0.3) is 11.4 Å². The number of unbranched alkanes of at least 4 members (excludes halogenated alkanes) is 6. The van der Waals surface area contributed by atoms with Gasteiger partial charge in [0.1, 0.15) is 0 Å². The fraction of sp³-hybridized carbons (Fsp3) is 0.286. The molecule has 0 aliphatic carbocycles. The Morgan fingerprint density at radius 3 is 1.28 bits per heavy atom. The van der Waals surface area contributed by atoms with E-state index in [0.717, 1.165) is 130 Å². The van der Waals surface area contributed by atoms with Gasteiger partial charge in [0.2, 0.25) is 0 Å². The summed E-state index contributed by atoms with van der Waals surface area (Å²) in [6.45, 7) is 5.89. The van der Waals surface area contributed by atoms with E-state index in [1.165, 1.54) is 0 Å². The van der Waals surface area contributed by atoms with Crippen molar-refractivity contribution in [1.82, 2.24) is 9.13 Å². The van der Waals surface area contributed by atoms with Crippen molar-refractivity contribution in [2.24, 2.45) is 0 Å². The molecule has 2 aromatic heterocycles. The third-order valence-corrected chi connectivity index (χ3v) is 10.1. The molecule has 0 saturated carbocycles. The van der Waals surface area contributed by atoms with Gasteiger partial charge in [-0.05, 0) is 36.1 Å². The van der Waals surface area contributed by atoms with Crippen LogP contribution in [0.2, 0.25) is 0 Å². The highest BCUT2D eigenvalue weighted by Gasteiger charge is 2.29. The average Bonchev–Trinajstić information content (AvgIpc) is 3.63. The summed E-state index contributed by atoms with van der Waals surface area (Å²) in [5.74, 6) is 0. The Bertz CT molecular complexity index is 2190. The predicted molar refractivity (Wildman–Crippen MR) is 205 cm³/mol. The van der Waals surface area contributed by atoms with Gasteiger partial charge < -0.3 is 9.13 Å². The van der Waals surface area contributed by atoms with E-state index in [2.05, 4.69) is 47.2 Å². The lowest BCUT2D eigenvalue weighted by atomic mass is 9.89. The molecule has 50 heavy (non-hydrogen) atoms. The third kappa shape index (κ3) is 5.78. The summed E-state index contributed by atoms with van der Waals surface area (Å²) in [6.07, 6.45) is 8.55. The highest BCUT2D eigenvalue weighted by atomic mass is 16.6. The van der Waals surface area contributed by atoms with Crippen LogP contribution >= 0.6 is 0 Å². The molecule has 0 N–H and O–H groups in total. The Labute approximate surface area is 291 Å². The van der Waals surface area contributed by atoms with Crippen LogP contribution < -0.4 is 0 Å². The SMILES string of the molecule is CCCCCCn1c2ccc([N+](=O)[O-])cc2c2c(-c3ccccc3)c3c(c(-c4ccccc4)c21)c1cc([N+](=O)[O-])ccc1n3CCCCCC. The number of fused-ring (bicyclic) bond motifs is 6. The molecular formula is C42H42N4O4. The molecule has 0 fully saturated rings. The molecule has 0 aliphatic heterocycles. The molecule has 8 heteroatoms. The number of rotatable bonds is 14. The molecule has 7 rings (SSSR count). The minimum atomic E-state index is -0.313. The van der Waals surface area contributed by atoms with Crippen molar-refractivity contribution >= 4 is 55.0 Å². The second-order valence-electron chi connectivity index (χ2n) is 13.3. The molecule has 5 aromatic carbocycles. The highest BCUT2D eigenvalue weighted by molar-refractivity contribution is 6.32. The summed E-state index contributed by atoms with van der Waals surface area (Å²) >= 11 is 0. The van der Waals surface area contributed by atoms with Gasteiger partial charge in [-0.15, -0.1) is 0 Å². The zero-order chi connectivity index (χ0) is 34.8. The van der Waals surface area contributed by atoms with Gasteiger partial charge in [-0.2, -0.15) is 0 Å². The normalized spacial score (nSPS) is 11.7. The quantitative estimate of drug-likeness (QED) is 0.0655. The predicted octanol–water partition coefficient (Wildman–Crippen LogP) is 12.2. The number of nitro groups is 2. The van der Waals surface area contributed by atoms with Gasteiger partial charge in [-0.3, -0.25) is 20.2 Å². The molecule has 254 valence electrons. The molecule has 0 bridgehead atoms. The number of nitro benzene ring substituents is 2. The fourth-order valence-corrected chi connectivity index (χ4v) is 7.80. The molecular weight excluding hydrogens is 624 g/mol. The Morgan fingerprint density at radius 1 is 0.520 bits per heavy atom. The second-order valence-corrected chi connectivity index (χ2v) is 13.3. The van der Waals surface area contributed by atoms with E-state index in [1.54, 1.807) is 24.3 Å². The Kier molecular flexibility index (Phi) is 9.35. The minimum absolute atomic E-state index is 0.0543. The molecule has 0 radical (unpaired) electrons. The molecule has 0 aliphatic rings.